The molecule has 4 heteroatoms. The van der Waals surface area contributed by atoms with Gasteiger partial charge in [-0.3, -0.25) is 4.79 Å². The van der Waals surface area contributed by atoms with Crippen LogP contribution in [0, 0.1) is 0 Å². The van der Waals surface area contributed by atoms with E-state index in [-0.39, 0.29) is 0 Å². The fraction of sp³-hybridized carbons (Fsp3) is 0.750. The Bertz CT molecular complexity index is 82.0. The first-order valence-electron chi connectivity index (χ1n) is 2.01. The van der Waals surface area contributed by atoms with Gasteiger partial charge in [-0.05, 0) is 6.92 Å². The molecule has 0 rings (SSSR count). The fourth-order valence-electron chi connectivity index (χ4n) is 0.174. The summed E-state index contributed by atoms with van der Waals surface area (Å²) in [5.74, 6) is -0.784. The second-order valence-corrected chi connectivity index (χ2v) is 2.42. The SMILES string of the molecule is CC(F)C(=O)C(Cl)Cl. The monoisotopic (exact) mass is 158 g/mol. The predicted octanol–water partition coefficient (Wildman–Crippen LogP) is 1.72. The van der Waals surface area contributed by atoms with E-state index >= 15 is 0 Å². The summed E-state index contributed by atoms with van der Waals surface area (Å²) in [6.07, 6.45) is -1.56. The summed E-state index contributed by atoms with van der Waals surface area (Å²) >= 11 is 10.00. The topological polar surface area (TPSA) is 17.1 Å². The van der Waals surface area contributed by atoms with Gasteiger partial charge in [0.25, 0.3) is 0 Å². The molecule has 0 aromatic heterocycles. The van der Waals surface area contributed by atoms with E-state index in [1.54, 1.807) is 0 Å². The molecule has 0 radical (unpaired) electrons. The molecule has 0 amide bonds. The molecule has 0 spiro atoms. The van der Waals surface area contributed by atoms with Gasteiger partial charge in [0.05, 0.1) is 0 Å². The molecule has 0 saturated carbocycles. The zero-order valence-corrected chi connectivity index (χ0v) is 5.71. The van der Waals surface area contributed by atoms with Crippen molar-refractivity contribution in [1.82, 2.24) is 0 Å². The largest absolute Gasteiger partial charge is 0.293 e. The van der Waals surface area contributed by atoms with Crippen LogP contribution in [0.3, 0.4) is 0 Å². The molecule has 1 atom stereocenters. The van der Waals surface area contributed by atoms with Crippen molar-refractivity contribution in [2.75, 3.05) is 0 Å². The molecule has 0 aromatic carbocycles. The smallest absolute Gasteiger partial charge is 0.199 e. The molecule has 1 nitrogen and oxygen atoms in total. The highest BCUT2D eigenvalue weighted by molar-refractivity contribution is 6.54. The van der Waals surface area contributed by atoms with Crippen LogP contribution in [0.15, 0.2) is 0 Å². The van der Waals surface area contributed by atoms with Gasteiger partial charge in [0.15, 0.2) is 16.8 Å². The average Bonchev–Trinajstić information content (AvgIpc) is 1.64. The van der Waals surface area contributed by atoms with Crippen LogP contribution in [0.2, 0.25) is 0 Å². The van der Waals surface area contributed by atoms with Gasteiger partial charge in [-0.1, -0.05) is 23.2 Å². The summed E-state index contributed by atoms with van der Waals surface area (Å²) in [6, 6.07) is 0. The van der Waals surface area contributed by atoms with Crippen molar-refractivity contribution in [1.29, 1.82) is 0 Å². The highest BCUT2D eigenvalue weighted by Crippen LogP contribution is 2.07. The number of hydrogen-bond acceptors (Lipinski definition) is 1. The summed E-state index contributed by atoms with van der Waals surface area (Å²) in [5, 5.41) is 0. The Morgan fingerprint density at radius 3 is 2.00 bits per heavy atom. The number of ketones is 1. The minimum Gasteiger partial charge on any atom is -0.293 e. The number of hydrogen-bond donors (Lipinski definition) is 0. The number of alkyl halides is 3. The predicted molar refractivity (Wildman–Crippen MR) is 31.1 cm³/mol. The van der Waals surface area contributed by atoms with Gasteiger partial charge in [-0.2, -0.15) is 0 Å². The van der Waals surface area contributed by atoms with Crippen molar-refractivity contribution in [3.05, 3.63) is 0 Å². The Kier molecular flexibility index (Phi) is 3.33. The van der Waals surface area contributed by atoms with Crippen molar-refractivity contribution >= 4 is 29.0 Å². The van der Waals surface area contributed by atoms with Crippen molar-refractivity contribution in [2.24, 2.45) is 0 Å². The Morgan fingerprint density at radius 1 is 1.62 bits per heavy atom. The fourth-order valence-corrected chi connectivity index (χ4v) is 0.521. The maximum absolute atomic E-state index is 11.8. The zero-order chi connectivity index (χ0) is 6.73. The van der Waals surface area contributed by atoms with E-state index in [1.165, 1.54) is 0 Å². The van der Waals surface area contributed by atoms with Gasteiger partial charge in [-0.15, -0.1) is 0 Å². The van der Waals surface area contributed by atoms with Crippen molar-refractivity contribution in [2.45, 2.75) is 17.9 Å². The number of carbonyl (C=O) groups is 1. The quantitative estimate of drug-likeness (QED) is 0.560. The van der Waals surface area contributed by atoms with E-state index in [4.69, 9.17) is 23.2 Å². The second kappa shape index (κ2) is 3.25. The lowest BCUT2D eigenvalue weighted by Gasteiger charge is -1.98. The van der Waals surface area contributed by atoms with Gasteiger partial charge in [-0.25, -0.2) is 4.39 Å². The Morgan fingerprint density at radius 2 is 2.00 bits per heavy atom. The molecule has 0 bridgehead atoms. The van der Waals surface area contributed by atoms with Crippen LogP contribution in [0.5, 0.6) is 0 Å². The van der Waals surface area contributed by atoms with Crippen molar-refractivity contribution in [3.8, 4) is 0 Å². The molecule has 0 aliphatic carbocycles. The molecule has 8 heavy (non-hydrogen) atoms. The van der Waals surface area contributed by atoms with Crippen LogP contribution in [-0.2, 0) is 4.79 Å². The first kappa shape index (κ1) is 8.18. The van der Waals surface area contributed by atoms with Crippen LogP contribution in [-0.4, -0.2) is 16.8 Å². The lowest BCUT2D eigenvalue weighted by molar-refractivity contribution is -0.121. The normalized spacial score (nSPS) is 14.1. The molecule has 0 aliphatic heterocycles. The second-order valence-electron chi connectivity index (χ2n) is 1.32. The summed E-state index contributed by atoms with van der Waals surface area (Å²) in [4.78, 5) is 8.98. The zero-order valence-electron chi connectivity index (χ0n) is 4.20. The highest BCUT2D eigenvalue weighted by atomic mass is 35.5. The third-order valence-corrected chi connectivity index (χ3v) is 1.04. The molecule has 0 aromatic rings. The third-order valence-electron chi connectivity index (χ3n) is 0.607. The summed E-state index contributed by atoms with van der Waals surface area (Å²) in [7, 11) is 0. The minimum absolute atomic E-state index is 0.784. The van der Waals surface area contributed by atoms with E-state index in [9.17, 15) is 9.18 Å². The van der Waals surface area contributed by atoms with E-state index in [0.717, 1.165) is 6.92 Å². The van der Waals surface area contributed by atoms with E-state index in [1.807, 2.05) is 0 Å². The van der Waals surface area contributed by atoms with Crippen LogP contribution >= 0.6 is 23.2 Å². The first-order valence-corrected chi connectivity index (χ1v) is 2.89. The van der Waals surface area contributed by atoms with Crippen molar-refractivity contribution < 1.29 is 9.18 Å². The van der Waals surface area contributed by atoms with Crippen LogP contribution in [0.1, 0.15) is 6.92 Å². The Hall–Kier alpha value is 0.180. The van der Waals surface area contributed by atoms with Gasteiger partial charge in [0.1, 0.15) is 0 Å². The van der Waals surface area contributed by atoms with Gasteiger partial charge < -0.3 is 0 Å². The van der Waals surface area contributed by atoms with E-state index in [0.29, 0.717) is 0 Å². The van der Waals surface area contributed by atoms with Gasteiger partial charge in [0, 0.05) is 0 Å². The Labute approximate surface area is 56.8 Å². The minimum atomic E-state index is -1.56. The molecule has 1 unspecified atom stereocenters. The molecule has 0 aliphatic rings. The average molecular weight is 159 g/mol. The molecule has 0 heterocycles. The lowest BCUT2D eigenvalue weighted by atomic mass is 10.3. The maximum Gasteiger partial charge on any atom is 0.199 e. The number of Topliss-reactive ketones (excluding diaryl/α,β-unsaturated/α-hetero) is 1. The molecule has 0 fully saturated rings. The molecular formula is C4H5Cl2FO. The number of halogens is 3. The maximum atomic E-state index is 11.8. The van der Waals surface area contributed by atoms with Crippen LogP contribution in [0.4, 0.5) is 4.39 Å². The van der Waals surface area contributed by atoms with Crippen LogP contribution < -0.4 is 0 Å². The van der Waals surface area contributed by atoms with Gasteiger partial charge in [0.2, 0.25) is 0 Å². The van der Waals surface area contributed by atoms with Gasteiger partial charge >= 0.3 is 0 Å². The molecule has 48 valence electrons. The van der Waals surface area contributed by atoms with E-state index in [2.05, 4.69) is 0 Å². The highest BCUT2D eigenvalue weighted by Gasteiger charge is 2.17. The third kappa shape index (κ3) is 2.48. The summed E-state index contributed by atoms with van der Waals surface area (Å²) < 4.78 is 11.8. The van der Waals surface area contributed by atoms with E-state index < -0.39 is 16.8 Å². The van der Waals surface area contributed by atoms with Crippen molar-refractivity contribution in [3.63, 3.8) is 0 Å². The summed E-state index contributed by atoms with van der Waals surface area (Å²) in [5.41, 5.74) is 0. The van der Waals surface area contributed by atoms with Crippen LogP contribution in [0.25, 0.3) is 0 Å². The summed E-state index contributed by atoms with van der Waals surface area (Å²) in [6.45, 7) is 1.10. The molecule has 0 saturated heterocycles. The first-order chi connectivity index (χ1) is 3.55. The standard InChI is InChI=1S/C4H5Cl2FO/c1-2(7)3(8)4(5)6/h2,4H,1H3. The number of rotatable bonds is 2. The lowest BCUT2D eigenvalue weighted by Crippen LogP contribution is -2.18. The number of carbonyl (C=O) groups excluding carboxylic acids is 1. The Balaban J connectivity index is 3.65. The molecule has 0 N–H and O–H groups in total. The molecular weight excluding hydrogens is 154 g/mol.